The summed E-state index contributed by atoms with van der Waals surface area (Å²) in [6, 6.07) is 5.45. The number of amides is 3. The largest absolute Gasteiger partial charge is 0.480 e. The van der Waals surface area contributed by atoms with Crippen molar-refractivity contribution in [3.63, 3.8) is 0 Å². The van der Waals surface area contributed by atoms with Crippen molar-refractivity contribution >= 4 is 33.9 Å². The fraction of sp³-hybridized carbons (Fsp3) is 0.615. The van der Waals surface area contributed by atoms with Crippen LogP contribution in [-0.2, 0) is 34.9 Å². The maximum atomic E-state index is 13.7. The summed E-state index contributed by atoms with van der Waals surface area (Å²) in [5, 5.41) is 9.90. The minimum Gasteiger partial charge on any atom is -0.480 e. The van der Waals surface area contributed by atoms with Crippen LogP contribution < -0.4 is 4.72 Å². The number of carboxylic acids is 1. The molecule has 0 saturated carbocycles. The Labute approximate surface area is 229 Å². The van der Waals surface area contributed by atoms with Gasteiger partial charge in [0.05, 0.1) is 18.7 Å². The highest BCUT2D eigenvalue weighted by molar-refractivity contribution is 7.88. The number of hydrogen-bond acceptors (Lipinski definition) is 7. The number of piperazine rings is 1. The number of likely N-dealkylation sites (tertiary alicyclic amines) is 1. The van der Waals surface area contributed by atoms with Gasteiger partial charge in [0.1, 0.15) is 17.7 Å². The first kappa shape index (κ1) is 30.4. The number of carbonyl (C=O) groups excluding carboxylic acids is 3. The molecule has 2 aliphatic rings. The van der Waals surface area contributed by atoms with Crippen LogP contribution in [0.15, 0.2) is 30.3 Å². The number of nitrogens with one attached hydrogen (secondary N) is 1. The van der Waals surface area contributed by atoms with E-state index in [1.54, 1.807) is 56.0 Å². The third kappa shape index (κ3) is 8.92. The van der Waals surface area contributed by atoms with Crippen molar-refractivity contribution in [3.05, 3.63) is 35.9 Å². The van der Waals surface area contributed by atoms with E-state index in [9.17, 15) is 32.7 Å². The zero-order chi connectivity index (χ0) is 28.8. The molecule has 3 amide bonds. The molecule has 0 bridgehead atoms. The van der Waals surface area contributed by atoms with Crippen molar-refractivity contribution in [2.45, 2.75) is 69.9 Å². The van der Waals surface area contributed by atoms with Gasteiger partial charge < -0.3 is 24.5 Å². The van der Waals surface area contributed by atoms with Crippen LogP contribution in [0.1, 0.15) is 52.0 Å². The molecule has 216 valence electrons. The number of aliphatic carboxylic acids is 1. The average molecular weight is 567 g/mol. The van der Waals surface area contributed by atoms with E-state index < -0.39 is 57.9 Å². The molecule has 2 unspecified atom stereocenters. The van der Waals surface area contributed by atoms with E-state index in [2.05, 4.69) is 4.72 Å². The number of carbonyl (C=O) groups is 4. The summed E-state index contributed by atoms with van der Waals surface area (Å²) in [6.07, 6.45) is 1.47. The lowest BCUT2D eigenvalue weighted by molar-refractivity contribution is -0.154. The molecule has 2 atom stereocenters. The van der Waals surface area contributed by atoms with E-state index in [4.69, 9.17) is 4.74 Å². The molecule has 2 heterocycles. The van der Waals surface area contributed by atoms with Crippen molar-refractivity contribution in [3.8, 4) is 0 Å². The number of carboxylic acid groups (broad SMARTS) is 1. The normalized spacial score (nSPS) is 19.4. The molecule has 0 radical (unpaired) electrons. The van der Waals surface area contributed by atoms with E-state index in [1.807, 2.05) is 0 Å². The molecular formula is C26H38N4O8S. The Morgan fingerprint density at radius 1 is 1.00 bits per heavy atom. The fourth-order valence-electron chi connectivity index (χ4n) is 4.63. The summed E-state index contributed by atoms with van der Waals surface area (Å²) in [4.78, 5) is 55.3. The van der Waals surface area contributed by atoms with Crippen molar-refractivity contribution < 1.29 is 37.4 Å². The standard InChI is InChI=1S/C26H38N4O8S/c1-26(2,3)38-25(35)29-14-15-30(21(17-29)24(33)34)23(32)20(16-22(31)28-12-8-5-9-13-28)27-39(36,37)18-19-10-6-4-7-11-19/h4,6-7,10-11,20-21,27H,5,8-9,12-18H2,1-3H3,(H,33,34). The average Bonchev–Trinajstić information content (AvgIpc) is 2.87. The maximum Gasteiger partial charge on any atom is 0.410 e. The van der Waals surface area contributed by atoms with Gasteiger partial charge in [0.25, 0.3) is 0 Å². The highest BCUT2D eigenvalue weighted by Gasteiger charge is 2.42. The molecule has 1 aromatic carbocycles. The SMILES string of the molecule is CC(C)(C)OC(=O)N1CCN(C(=O)C(CC(=O)N2CCCCC2)NS(=O)(=O)Cc2ccccc2)C(C(=O)O)C1. The van der Waals surface area contributed by atoms with Gasteiger partial charge >= 0.3 is 12.1 Å². The minimum atomic E-state index is -4.08. The summed E-state index contributed by atoms with van der Waals surface area (Å²) in [5.74, 6) is -2.97. The quantitative estimate of drug-likeness (QED) is 0.479. The number of ether oxygens (including phenoxy) is 1. The molecule has 12 nitrogen and oxygen atoms in total. The second kappa shape index (κ2) is 12.8. The molecule has 13 heteroatoms. The summed E-state index contributed by atoms with van der Waals surface area (Å²) >= 11 is 0. The molecule has 39 heavy (non-hydrogen) atoms. The molecule has 2 N–H and O–H groups in total. The molecular weight excluding hydrogens is 528 g/mol. The Kier molecular flexibility index (Phi) is 9.94. The van der Waals surface area contributed by atoms with E-state index in [0.717, 1.165) is 24.2 Å². The van der Waals surface area contributed by atoms with Crippen LogP contribution in [0.5, 0.6) is 0 Å². The second-order valence-corrected chi connectivity index (χ2v) is 12.6. The molecule has 1 aromatic rings. The molecule has 0 aromatic heterocycles. The summed E-state index contributed by atoms with van der Waals surface area (Å²) < 4.78 is 33.8. The molecule has 2 aliphatic heterocycles. The zero-order valence-corrected chi connectivity index (χ0v) is 23.5. The first-order chi connectivity index (χ1) is 18.3. The van der Waals surface area contributed by atoms with Gasteiger partial charge in [0.2, 0.25) is 21.8 Å². The summed E-state index contributed by atoms with van der Waals surface area (Å²) in [7, 11) is -4.08. The second-order valence-electron chi connectivity index (χ2n) is 10.9. The van der Waals surface area contributed by atoms with Crippen LogP contribution in [-0.4, -0.2) is 103 Å². The van der Waals surface area contributed by atoms with Gasteiger partial charge in [-0.2, -0.15) is 0 Å². The molecule has 3 rings (SSSR count). The van der Waals surface area contributed by atoms with Crippen LogP contribution in [0, 0.1) is 0 Å². The van der Waals surface area contributed by atoms with Gasteiger partial charge in [0, 0.05) is 26.2 Å². The van der Waals surface area contributed by atoms with Crippen molar-refractivity contribution in [1.29, 1.82) is 0 Å². The third-order valence-corrected chi connectivity index (χ3v) is 7.86. The summed E-state index contributed by atoms with van der Waals surface area (Å²) in [6.45, 7) is 5.59. The number of hydrogen-bond donors (Lipinski definition) is 2. The Balaban J connectivity index is 1.81. The lowest BCUT2D eigenvalue weighted by Crippen LogP contribution is -2.63. The highest BCUT2D eigenvalue weighted by atomic mass is 32.2. The van der Waals surface area contributed by atoms with Crippen molar-refractivity contribution in [1.82, 2.24) is 19.4 Å². The summed E-state index contributed by atoms with van der Waals surface area (Å²) in [5.41, 5.74) is -0.298. The minimum absolute atomic E-state index is 0.00596. The van der Waals surface area contributed by atoms with Crippen LogP contribution in [0.3, 0.4) is 0 Å². The van der Waals surface area contributed by atoms with E-state index >= 15 is 0 Å². The van der Waals surface area contributed by atoms with Gasteiger partial charge in [0.15, 0.2) is 0 Å². The zero-order valence-electron chi connectivity index (χ0n) is 22.7. The van der Waals surface area contributed by atoms with Crippen LogP contribution in [0.2, 0.25) is 0 Å². The lowest BCUT2D eigenvalue weighted by Gasteiger charge is -2.41. The molecule has 0 aliphatic carbocycles. The Morgan fingerprint density at radius 2 is 1.64 bits per heavy atom. The van der Waals surface area contributed by atoms with Crippen LogP contribution in [0.4, 0.5) is 4.79 Å². The third-order valence-electron chi connectivity index (χ3n) is 6.51. The van der Waals surface area contributed by atoms with Gasteiger partial charge in [-0.15, -0.1) is 0 Å². The Hall–Kier alpha value is -3.19. The predicted octanol–water partition coefficient (Wildman–Crippen LogP) is 1.41. The molecule has 2 fully saturated rings. The first-order valence-electron chi connectivity index (χ1n) is 13.1. The van der Waals surface area contributed by atoms with Gasteiger partial charge in [-0.05, 0) is 45.6 Å². The number of nitrogens with zero attached hydrogens (tertiary/aromatic N) is 3. The Bertz CT molecular complexity index is 1150. The van der Waals surface area contributed by atoms with E-state index in [1.165, 1.54) is 4.90 Å². The van der Waals surface area contributed by atoms with Crippen LogP contribution >= 0.6 is 0 Å². The molecule has 2 saturated heterocycles. The maximum absolute atomic E-state index is 13.7. The number of sulfonamides is 1. The van der Waals surface area contributed by atoms with E-state index in [-0.39, 0.29) is 25.5 Å². The fourth-order valence-corrected chi connectivity index (χ4v) is 5.96. The van der Waals surface area contributed by atoms with Gasteiger partial charge in [-0.25, -0.2) is 22.7 Å². The van der Waals surface area contributed by atoms with Crippen molar-refractivity contribution in [2.75, 3.05) is 32.7 Å². The first-order valence-corrected chi connectivity index (χ1v) is 14.7. The number of piperidine rings is 1. The molecule has 0 spiro atoms. The van der Waals surface area contributed by atoms with E-state index in [0.29, 0.717) is 18.7 Å². The lowest BCUT2D eigenvalue weighted by atomic mass is 10.1. The predicted molar refractivity (Wildman–Crippen MR) is 142 cm³/mol. The topological polar surface area (TPSA) is 154 Å². The van der Waals surface area contributed by atoms with Crippen molar-refractivity contribution in [2.24, 2.45) is 0 Å². The number of benzene rings is 1. The highest BCUT2D eigenvalue weighted by Crippen LogP contribution is 2.19. The number of rotatable bonds is 8. The van der Waals surface area contributed by atoms with Crippen LogP contribution in [0.25, 0.3) is 0 Å². The monoisotopic (exact) mass is 566 g/mol. The smallest absolute Gasteiger partial charge is 0.410 e. The Morgan fingerprint density at radius 3 is 2.23 bits per heavy atom. The van der Waals surface area contributed by atoms with Gasteiger partial charge in [-0.3, -0.25) is 9.59 Å². The van der Waals surface area contributed by atoms with Gasteiger partial charge in [-0.1, -0.05) is 30.3 Å².